The third-order valence-corrected chi connectivity index (χ3v) is 6.96. The number of alkyl halides is 3. The molecular formula is C11H9F3O6S2. The fourth-order valence-electron chi connectivity index (χ4n) is 2.31. The SMILES string of the molecule is O=S(=O)(Oc1ccc2c(c1)OC1(CCC1)S2(=O)=O)C(F)(F)F. The predicted molar refractivity (Wildman–Crippen MR) is 66.4 cm³/mol. The molecule has 0 saturated heterocycles. The van der Waals surface area contributed by atoms with Gasteiger partial charge in [0.2, 0.25) is 14.8 Å². The topological polar surface area (TPSA) is 86.7 Å². The van der Waals surface area contributed by atoms with Gasteiger partial charge in [-0.15, -0.1) is 0 Å². The van der Waals surface area contributed by atoms with E-state index in [-0.39, 0.29) is 23.5 Å². The molecule has 22 heavy (non-hydrogen) atoms. The number of halogens is 3. The van der Waals surface area contributed by atoms with Crippen LogP contribution in [0.5, 0.6) is 11.5 Å². The fourth-order valence-corrected chi connectivity index (χ4v) is 4.80. The summed E-state index contributed by atoms with van der Waals surface area (Å²) in [4.78, 5) is -1.56. The second kappa shape index (κ2) is 4.28. The van der Waals surface area contributed by atoms with Crippen molar-refractivity contribution in [1.82, 2.24) is 0 Å². The Bertz CT molecular complexity index is 837. The normalized spacial score (nSPS) is 21.8. The van der Waals surface area contributed by atoms with Gasteiger partial charge in [-0.05, 0) is 18.6 Å². The Hall–Kier alpha value is -1.49. The standard InChI is InChI=1S/C11H9F3O6S2/c12-11(13,14)22(17,18)20-7-2-3-9-8(6-7)19-10(4-1-5-10)21(9,15)16/h2-3,6H,1,4-5H2. The largest absolute Gasteiger partial charge is 0.534 e. The van der Waals surface area contributed by atoms with Crippen LogP contribution in [0.2, 0.25) is 0 Å². The molecule has 0 unspecified atom stereocenters. The first-order valence-corrected chi connectivity index (χ1v) is 8.96. The van der Waals surface area contributed by atoms with Crippen LogP contribution in [0.25, 0.3) is 0 Å². The zero-order valence-corrected chi connectivity index (χ0v) is 12.4. The Balaban J connectivity index is 1.97. The van der Waals surface area contributed by atoms with Crippen molar-refractivity contribution in [3.63, 3.8) is 0 Å². The van der Waals surface area contributed by atoms with Gasteiger partial charge in [0.05, 0.1) is 0 Å². The lowest BCUT2D eigenvalue weighted by atomic mass is 9.95. The average Bonchev–Trinajstić information content (AvgIpc) is 2.54. The summed E-state index contributed by atoms with van der Waals surface area (Å²) >= 11 is 0. The molecule has 1 heterocycles. The second-order valence-electron chi connectivity index (χ2n) is 4.96. The molecule has 1 aliphatic carbocycles. The smallest absolute Gasteiger partial charge is 0.470 e. The molecule has 11 heteroatoms. The number of sulfone groups is 1. The van der Waals surface area contributed by atoms with Crippen LogP contribution >= 0.6 is 0 Å². The van der Waals surface area contributed by atoms with Gasteiger partial charge in [-0.25, -0.2) is 8.42 Å². The minimum Gasteiger partial charge on any atom is -0.470 e. The van der Waals surface area contributed by atoms with Crippen molar-refractivity contribution in [2.75, 3.05) is 0 Å². The number of rotatable bonds is 2. The molecule has 6 nitrogen and oxygen atoms in total. The molecule has 1 spiro atoms. The van der Waals surface area contributed by atoms with E-state index in [0.717, 1.165) is 18.2 Å². The maximum Gasteiger partial charge on any atom is 0.534 e. The first-order chi connectivity index (χ1) is 9.99. The number of hydrogen-bond acceptors (Lipinski definition) is 6. The summed E-state index contributed by atoms with van der Waals surface area (Å²) in [6.45, 7) is 0. The van der Waals surface area contributed by atoms with Crippen molar-refractivity contribution >= 4 is 20.0 Å². The van der Waals surface area contributed by atoms with E-state index in [1.54, 1.807) is 0 Å². The van der Waals surface area contributed by atoms with E-state index >= 15 is 0 Å². The van der Waals surface area contributed by atoms with Crippen molar-refractivity contribution in [3.8, 4) is 11.5 Å². The van der Waals surface area contributed by atoms with Crippen LogP contribution in [-0.2, 0) is 20.0 Å². The molecular weight excluding hydrogens is 349 g/mol. The van der Waals surface area contributed by atoms with Crippen LogP contribution in [0, 0.1) is 0 Å². The molecule has 0 atom stereocenters. The van der Waals surface area contributed by atoms with E-state index in [9.17, 15) is 30.0 Å². The molecule has 0 radical (unpaired) electrons. The Morgan fingerprint density at radius 1 is 1.23 bits per heavy atom. The van der Waals surface area contributed by atoms with E-state index in [1.807, 2.05) is 0 Å². The van der Waals surface area contributed by atoms with E-state index < -0.39 is 36.1 Å². The third kappa shape index (κ3) is 1.98. The van der Waals surface area contributed by atoms with Crippen LogP contribution in [-0.4, -0.2) is 27.3 Å². The van der Waals surface area contributed by atoms with E-state index in [4.69, 9.17) is 4.74 Å². The summed E-state index contributed by atoms with van der Waals surface area (Å²) < 4.78 is 92.5. The molecule has 1 saturated carbocycles. The van der Waals surface area contributed by atoms with Gasteiger partial charge in [-0.2, -0.15) is 21.6 Å². The number of ether oxygens (including phenoxy) is 1. The number of benzene rings is 1. The Morgan fingerprint density at radius 3 is 2.36 bits per heavy atom. The van der Waals surface area contributed by atoms with Gasteiger partial charge in [0.1, 0.15) is 16.4 Å². The lowest BCUT2D eigenvalue weighted by Crippen LogP contribution is -2.46. The van der Waals surface area contributed by atoms with Gasteiger partial charge in [-0.3, -0.25) is 0 Å². The molecule has 122 valence electrons. The molecule has 1 aromatic rings. The lowest BCUT2D eigenvalue weighted by molar-refractivity contribution is -0.0500. The molecule has 0 bridgehead atoms. The zero-order chi connectivity index (χ0) is 16.4. The monoisotopic (exact) mass is 358 g/mol. The van der Waals surface area contributed by atoms with Gasteiger partial charge in [0.25, 0.3) is 0 Å². The van der Waals surface area contributed by atoms with E-state index in [1.165, 1.54) is 0 Å². The molecule has 1 aromatic carbocycles. The van der Waals surface area contributed by atoms with Crippen LogP contribution in [0.15, 0.2) is 23.1 Å². The van der Waals surface area contributed by atoms with Crippen molar-refractivity contribution in [2.45, 2.75) is 34.6 Å². The highest BCUT2D eigenvalue weighted by atomic mass is 32.2. The molecule has 1 aliphatic heterocycles. The molecule has 0 amide bonds. The maximum atomic E-state index is 12.3. The summed E-state index contributed by atoms with van der Waals surface area (Å²) in [6, 6.07) is 2.67. The van der Waals surface area contributed by atoms with Crippen LogP contribution in [0.1, 0.15) is 19.3 Å². The van der Waals surface area contributed by atoms with Crippen molar-refractivity contribution in [1.29, 1.82) is 0 Å². The minimum atomic E-state index is -5.82. The Kier molecular flexibility index (Phi) is 3.00. The first-order valence-electron chi connectivity index (χ1n) is 6.07. The quantitative estimate of drug-likeness (QED) is 0.593. The molecule has 3 rings (SSSR count). The summed E-state index contributed by atoms with van der Waals surface area (Å²) in [5, 5.41) is 0. The van der Waals surface area contributed by atoms with Crippen LogP contribution in [0.3, 0.4) is 0 Å². The lowest BCUT2D eigenvalue weighted by Gasteiger charge is -2.35. The van der Waals surface area contributed by atoms with Crippen molar-refractivity contribution in [2.24, 2.45) is 0 Å². The van der Waals surface area contributed by atoms with Gasteiger partial charge in [-0.1, -0.05) is 0 Å². The van der Waals surface area contributed by atoms with Crippen molar-refractivity contribution in [3.05, 3.63) is 18.2 Å². The summed E-state index contributed by atoms with van der Waals surface area (Å²) in [6.07, 6.45) is 1.21. The van der Waals surface area contributed by atoms with Crippen LogP contribution in [0.4, 0.5) is 13.2 Å². The third-order valence-electron chi connectivity index (χ3n) is 3.60. The zero-order valence-electron chi connectivity index (χ0n) is 10.8. The van der Waals surface area contributed by atoms with Gasteiger partial charge >= 0.3 is 15.6 Å². The maximum absolute atomic E-state index is 12.3. The van der Waals surface area contributed by atoms with Crippen LogP contribution < -0.4 is 8.92 Å². The Morgan fingerprint density at radius 2 is 1.86 bits per heavy atom. The first kappa shape index (κ1) is 15.4. The fraction of sp³-hybridized carbons (Fsp3) is 0.455. The average molecular weight is 358 g/mol. The van der Waals surface area contributed by atoms with Gasteiger partial charge < -0.3 is 8.92 Å². The van der Waals surface area contributed by atoms with Crippen molar-refractivity contribution < 1.29 is 38.9 Å². The number of fused-ring (bicyclic) bond motifs is 1. The molecule has 2 aliphatic rings. The van der Waals surface area contributed by atoms with E-state index in [0.29, 0.717) is 6.42 Å². The predicted octanol–water partition coefficient (Wildman–Crippen LogP) is 1.96. The highest BCUT2D eigenvalue weighted by Gasteiger charge is 2.57. The number of hydrogen-bond donors (Lipinski definition) is 0. The molecule has 0 aromatic heterocycles. The minimum absolute atomic E-state index is 0.177. The molecule has 1 fully saturated rings. The van der Waals surface area contributed by atoms with Gasteiger partial charge in [0.15, 0.2) is 0 Å². The highest BCUT2D eigenvalue weighted by Crippen LogP contribution is 2.52. The van der Waals surface area contributed by atoms with Gasteiger partial charge in [0, 0.05) is 18.9 Å². The van der Waals surface area contributed by atoms with E-state index in [2.05, 4.69) is 4.18 Å². The second-order valence-corrected chi connectivity index (χ2v) is 8.69. The summed E-state index contributed by atoms with van der Waals surface area (Å²) in [5.41, 5.74) is -5.58. The Labute approximate surface area is 123 Å². The summed E-state index contributed by atoms with van der Waals surface area (Å²) in [7, 11) is -9.57. The highest BCUT2D eigenvalue weighted by molar-refractivity contribution is 7.93. The summed E-state index contributed by atoms with van der Waals surface area (Å²) in [5.74, 6) is -0.864. The molecule has 0 N–H and O–H groups in total.